The number of carbonyl (C=O) groups excluding carboxylic acids is 1. The SMILES string of the molecule is Cc1cc(S(=O)(=O)N2CCN(C(=O)c3cc(-c4ccccc4)n[nH]3)CC2)c(C)s1. The van der Waals surface area contributed by atoms with Crippen molar-refractivity contribution in [3.05, 3.63) is 57.9 Å². The molecule has 152 valence electrons. The summed E-state index contributed by atoms with van der Waals surface area (Å²) in [6.45, 7) is 4.98. The minimum atomic E-state index is -3.53. The number of hydrogen-bond acceptors (Lipinski definition) is 5. The van der Waals surface area contributed by atoms with Gasteiger partial charge in [-0.15, -0.1) is 11.3 Å². The van der Waals surface area contributed by atoms with Gasteiger partial charge in [-0.05, 0) is 26.0 Å². The van der Waals surface area contributed by atoms with E-state index in [0.717, 1.165) is 15.3 Å². The molecule has 29 heavy (non-hydrogen) atoms. The van der Waals surface area contributed by atoms with Crippen molar-refractivity contribution < 1.29 is 13.2 Å². The smallest absolute Gasteiger partial charge is 0.271 e. The van der Waals surface area contributed by atoms with Crippen molar-refractivity contribution in [2.75, 3.05) is 26.2 Å². The van der Waals surface area contributed by atoms with Gasteiger partial charge in [0.2, 0.25) is 10.0 Å². The number of aryl methyl sites for hydroxylation is 2. The van der Waals surface area contributed by atoms with E-state index in [1.165, 1.54) is 15.6 Å². The lowest BCUT2D eigenvalue weighted by Gasteiger charge is -2.33. The molecule has 1 aromatic carbocycles. The van der Waals surface area contributed by atoms with Crippen LogP contribution >= 0.6 is 11.3 Å². The van der Waals surface area contributed by atoms with Crippen LogP contribution < -0.4 is 0 Å². The summed E-state index contributed by atoms with van der Waals surface area (Å²) in [5.41, 5.74) is 2.04. The van der Waals surface area contributed by atoms with Crippen LogP contribution in [0, 0.1) is 13.8 Å². The molecule has 2 aromatic heterocycles. The molecule has 1 amide bonds. The summed E-state index contributed by atoms with van der Waals surface area (Å²) in [6, 6.07) is 13.1. The van der Waals surface area contributed by atoms with Crippen LogP contribution in [0.3, 0.4) is 0 Å². The van der Waals surface area contributed by atoms with Crippen LogP contribution in [-0.4, -0.2) is 59.9 Å². The van der Waals surface area contributed by atoms with Gasteiger partial charge in [0, 0.05) is 41.5 Å². The monoisotopic (exact) mass is 430 g/mol. The predicted molar refractivity (Wildman–Crippen MR) is 112 cm³/mol. The molecule has 7 nitrogen and oxygen atoms in total. The minimum absolute atomic E-state index is 0.167. The fourth-order valence-electron chi connectivity index (χ4n) is 3.49. The van der Waals surface area contributed by atoms with Gasteiger partial charge >= 0.3 is 0 Å². The average Bonchev–Trinajstić information content (AvgIpc) is 3.35. The number of sulfonamides is 1. The number of benzene rings is 1. The standard InChI is InChI=1S/C20H22N4O3S2/c1-14-12-19(15(2)28-14)29(26,27)24-10-8-23(9-11-24)20(25)18-13-17(21-22-18)16-6-4-3-5-7-16/h3-7,12-13H,8-11H2,1-2H3,(H,21,22). The van der Waals surface area contributed by atoms with E-state index in [-0.39, 0.29) is 19.0 Å². The minimum Gasteiger partial charge on any atom is -0.335 e. The summed E-state index contributed by atoms with van der Waals surface area (Å²) in [6.07, 6.45) is 0. The van der Waals surface area contributed by atoms with Crippen LogP contribution in [0.5, 0.6) is 0 Å². The Morgan fingerprint density at radius 2 is 1.76 bits per heavy atom. The van der Waals surface area contributed by atoms with Crippen LogP contribution in [0.1, 0.15) is 20.2 Å². The lowest BCUT2D eigenvalue weighted by atomic mass is 10.1. The maximum atomic E-state index is 12.9. The second kappa shape index (κ2) is 7.74. The van der Waals surface area contributed by atoms with Gasteiger partial charge in [-0.3, -0.25) is 9.89 Å². The van der Waals surface area contributed by atoms with Gasteiger partial charge in [0.1, 0.15) is 5.69 Å². The number of rotatable bonds is 4. The molecule has 0 radical (unpaired) electrons. The van der Waals surface area contributed by atoms with Crippen molar-refractivity contribution in [2.45, 2.75) is 18.7 Å². The number of aromatic nitrogens is 2. The van der Waals surface area contributed by atoms with Gasteiger partial charge in [0.15, 0.2) is 0 Å². The zero-order chi connectivity index (χ0) is 20.6. The van der Waals surface area contributed by atoms with Crippen LogP contribution in [0.4, 0.5) is 0 Å². The molecule has 3 heterocycles. The first-order chi connectivity index (χ1) is 13.9. The van der Waals surface area contributed by atoms with E-state index in [1.54, 1.807) is 17.0 Å². The second-order valence-corrected chi connectivity index (χ2v) is 10.4. The zero-order valence-electron chi connectivity index (χ0n) is 16.3. The number of carbonyl (C=O) groups is 1. The Morgan fingerprint density at radius 1 is 1.07 bits per heavy atom. The number of hydrogen-bond donors (Lipinski definition) is 1. The average molecular weight is 431 g/mol. The summed E-state index contributed by atoms with van der Waals surface area (Å²) < 4.78 is 27.3. The summed E-state index contributed by atoms with van der Waals surface area (Å²) >= 11 is 1.48. The van der Waals surface area contributed by atoms with Crippen molar-refractivity contribution in [1.29, 1.82) is 0 Å². The van der Waals surface area contributed by atoms with E-state index < -0.39 is 10.0 Å². The molecule has 1 aliphatic heterocycles. The molecule has 0 aliphatic carbocycles. The summed E-state index contributed by atoms with van der Waals surface area (Å²) in [5.74, 6) is -0.167. The molecule has 1 saturated heterocycles. The fourth-order valence-corrected chi connectivity index (χ4v) is 6.44. The third-order valence-corrected chi connectivity index (χ3v) is 8.14. The van der Waals surface area contributed by atoms with Crippen LogP contribution in [0.2, 0.25) is 0 Å². The van der Waals surface area contributed by atoms with Gasteiger partial charge in [-0.25, -0.2) is 8.42 Å². The number of aromatic amines is 1. The number of piperazine rings is 1. The molecule has 0 spiro atoms. The molecular formula is C20H22N4O3S2. The molecule has 0 unspecified atom stereocenters. The first-order valence-electron chi connectivity index (χ1n) is 9.33. The molecule has 1 N–H and O–H groups in total. The highest BCUT2D eigenvalue weighted by Gasteiger charge is 2.32. The highest BCUT2D eigenvalue weighted by atomic mass is 32.2. The molecule has 1 fully saturated rings. The summed E-state index contributed by atoms with van der Waals surface area (Å²) in [7, 11) is -3.53. The van der Waals surface area contributed by atoms with Crippen molar-refractivity contribution in [1.82, 2.24) is 19.4 Å². The molecule has 3 aromatic rings. The van der Waals surface area contributed by atoms with Crippen LogP contribution in [0.25, 0.3) is 11.3 Å². The fraction of sp³-hybridized carbons (Fsp3) is 0.300. The van der Waals surface area contributed by atoms with E-state index in [1.807, 2.05) is 44.2 Å². The third kappa shape index (κ3) is 3.85. The normalized spacial score (nSPS) is 15.6. The van der Waals surface area contributed by atoms with Crippen molar-refractivity contribution in [3.63, 3.8) is 0 Å². The van der Waals surface area contributed by atoms with E-state index in [4.69, 9.17) is 0 Å². The number of amides is 1. The lowest BCUT2D eigenvalue weighted by molar-refractivity contribution is 0.0692. The topological polar surface area (TPSA) is 86.4 Å². The highest BCUT2D eigenvalue weighted by Crippen LogP contribution is 2.28. The Bertz CT molecular complexity index is 1130. The molecule has 1 aliphatic rings. The summed E-state index contributed by atoms with van der Waals surface area (Å²) in [5, 5.41) is 7.04. The lowest BCUT2D eigenvalue weighted by Crippen LogP contribution is -2.50. The van der Waals surface area contributed by atoms with Gasteiger partial charge in [-0.2, -0.15) is 9.40 Å². The highest BCUT2D eigenvalue weighted by molar-refractivity contribution is 7.89. The summed E-state index contributed by atoms with van der Waals surface area (Å²) in [4.78, 5) is 16.6. The maximum absolute atomic E-state index is 12.9. The van der Waals surface area contributed by atoms with E-state index in [2.05, 4.69) is 10.2 Å². The Kier molecular flexibility index (Phi) is 5.28. The van der Waals surface area contributed by atoms with E-state index in [0.29, 0.717) is 29.4 Å². The molecule has 0 bridgehead atoms. The van der Waals surface area contributed by atoms with Crippen molar-refractivity contribution >= 4 is 27.3 Å². The molecule has 0 saturated carbocycles. The molecular weight excluding hydrogens is 408 g/mol. The van der Waals surface area contributed by atoms with Crippen molar-refractivity contribution in [3.8, 4) is 11.3 Å². The molecule has 4 rings (SSSR count). The second-order valence-electron chi connectivity index (χ2n) is 7.01. The van der Waals surface area contributed by atoms with Crippen LogP contribution in [0.15, 0.2) is 47.4 Å². The van der Waals surface area contributed by atoms with Gasteiger partial charge < -0.3 is 4.90 Å². The van der Waals surface area contributed by atoms with E-state index >= 15 is 0 Å². The van der Waals surface area contributed by atoms with E-state index in [9.17, 15) is 13.2 Å². The Labute approximate surface area is 174 Å². The third-order valence-electron chi connectivity index (χ3n) is 5.02. The number of nitrogens with zero attached hydrogens (tertiary/aromatic N) is 3. The maximum Gasteiger partial charge on any atom is 0.271 e. The Hall–Kier alpha value is -2.49. The number of thiophene rings is 1. The molecule has 0 atom stereocenters. The van der Waals surface area contributed by atoms with Gasteiger partial charge in [-0.1, -0.05) is 30.3 Å². The van der Waals surface area contributed by atoms with Gasteiger partial charge in [0.25, 0.3) is 5.91 Å². The zero-order valence-corrected chi connectivity index (χ0v) is 17.9. The predicted octanol–water partition coefficient (Wildman–Crippen LogP) is 2.90. The molecule has 9 heteroatoms. The number of nitrogens with one attached hydrogen (secondary N) is 1. The Balaban J connectivity index is 1.44. The Morgan fingerprint density at radius 3 is 2.38 bits per heavy atom. The van der Waals surface area contributed by atoms with Crippen LogP contribution in [-0.2, 0) is 10.0 Å². The first-order valence-corrected chi connectivity index (χ1v) is 11.6. The first kappa shape index (κ1) is 19.8. The largest absolute Gasteiger partial charge is 0.335 e. The van der Waals surface area contributed by atoms with Gasteiger partial charge in [0.05, 0.1) is 10.6 Å². The number of H-pyrrole nitrogens is 1. The quantitative estimate of drug-likeness (QED) is 0.690. The van der Waals surface area contributed by atoms with Crippen molar-refractivity contribution in [2.24, 2.45) is 0 Å².